The number of aromatic hydroxyl groups is 1. The molecule has 1 rings (SSSR count). The Balaban J connectivity index is 2.42. The van der Waals surface area contributed by atoms with Crippen LogP contribution in [0.2, 0.25) is 18.1 Å². The van der Waals surface area contributed by atoms with E-state index in [9.17, 15) is 14.7 Å². The van der Waals surface area contributed by atoms with Crippen LogP contribution < -0.4 is 5.56 Å². The number of aromatic amines is 1. The largest absolute Gasteiger partial charge is 0.501 e. The van der Waals surface area contributed by atoms with Crippen molar-refractivity contribution in [1.29, 1.82) is 0 Å². The van der Waals surface area contributed by atoms with Gasteiger partial charge >= 0.3 is 5.97 Å². The molecule has 0 aliphatic heterocycles. The monoisotopic (exact) mass is 398 g/mol. The lowest BCUT2D eigenvalue weighted by molar-refractivity contribution is 0.0589. The molecule has 0 aliphatic carbocycles. The van der Waals surface area contributed by atoms with Gasteiger partial charge in [0.1, 0.15) is 5.82 Å². The van der Waals surface area contributed by atoms with Crippen molar-refractivity contribution in [3.8, 4) is 5.75 Å². The van der Waals surface area contributed by atoms with Crippen LogP contribution in [0.3, 0.4) is 0 Å². The second-order valence-corrected chi connectivity index (χ2v) is 12.4. The number of aromatic nitrogens is 2. The van der Waals surface area contributed by atoms with Gasteiger partial charge in [-0.15, -0.1) is 0 Å². The molecule has 1 aromatic rings. The van der Waals surface area contributed by atoms with Crippen LogP contribution in [0.25, 0.3) is 0 Å². The third-order valence-electron chi connectivity index (χ3n) is 4.53. The third-order valence-corrected chi connectivity index (χ3v) is 9.03. The Hall–Kier alpha value is -1.97. The number of rotatable bonds is 9. The standard InChI is InChI=1S/C18H30N2O6Si/c1-18(2,3)27(5,6)26-11-8-7-10-25-12-9-13-19-14(17(23)24-4)15(21)16(22)20-13/h7-8,21H,9-12H2,1-6H3,(H,19,20,22). The lowest BCUT2D eigenvalue weighted by atomic mass is 10.2. The maximum Gasteiger partial charge on any atom is 0.360 e. The molecule has 2 N–H and O–H groups in total. The molecule has 1 heterocycles. The van der Waals surface area contributed by atoms with Crippen LogP contribution in [0.15, 0.2) is 16.9 Å². The molecule has 8 nitrogen and oxygen atoms in total. The number of carbonyl (C=O) groups excluding carboxylic acids is 1. The Bertz CT molecular complexity index is 722. The highest BCUT2D eigenvalue weighted by molar-refractivity contribution is 6.74. The number of ether oxygens (including phenoxy) is 2. The second-order valence-electron chi connectivity index (χ2n) is 7.57. The molecule has 0 fully saturated rings. The summed E-state index contributed by atoms with van der Waals surface area (Å²) in [5.74, 6) is -1.38. The van der Waals surface area contributed by atoms with Crippen molar-refractivity contribution in [3.63, 3.8) is 0 Å². The van der Waals surface area contributed by atoms with Crippen LogP contribution in [0, 0.1) is 0 Å². The summed E-state index contributed by atoms with van der Waals surface area (Å²) in [5, 5.41) is 9.74. The normalized spacial score (nSPS) is 12.5. The zero-order chi connectivity index (χ0) is 20.7. The minimum atomic E-state index is -1.74. The number of hydrogen-bond acceptors (Lipinski definition) is 7. The quantitative estimate of drug-likeness (QED) is 0.284. The molecule has 0 saturated carbocycles. The molecule has 0 amide bonds. The van der Waals surface area contributed by atoms with Crippen molar-refractivity contribution in [1.82, 2.24) is 9.97 Å². The Morgan fingerprint density at radius 2 is 1.89 bits per heavy atom. The molecule has 0 aromatic carbocycles. The van der Waals surface area contributed by atoms with Gasteiger partial charge in [0.25, 0.3) is 5.56 Å². The number of nitrogens with zero attached hydrogens (tertiary/aromatic N) is 1. The number of hydrogen-bond donors (Lipinski definition) is 2. The van der Waals surface area contributed by atoms with E-state index in [0.717, 1.165) is 7.11 Å². The van der Waals surface area contributed by atoms with E-state index in [1.807, 2.05) is 12.2 Å². The molecule has 0 aliphatic rings. The second kappa shape index (κ2) is 9.82. The molecular weight excluding hydrogens is 368 g/mol. The van der Waals surface area contributed by atoms with Gasteiger partial charge in [0.2, 0.25) is 5.75 Å². The summed E-state index contributed by atoms with van der Waals surface area (Å²) >= 11 is 0. The number of carbonyl (C=O) groups is 1. The minimum Gasteiger partial charge on any atom is -0.501 e. The van der Waals surface area contributed by atoms with E-state index < -0.39 is 31.3 Å². The van der Waals surface area contributed by atoms with E-state index in [2.05, 4.69) is 48.6 Å². The van der Waals surface area contributed by atoms with Crippen molar-refractivity contribution >= 4 is 14.3 Å². The summed E-state index contributed by atoms with van der Waals surface area (Å²) in [6.45, 7) is 12.2. The van der Waals surface area contributed by atoms with Crippen LogP contribution in [0.4, 0.5) is 0 Å². The van der Waals surface area contributed by atoms with Gasteiger partial charge in [-0.2, -0.15) is 0 Å². The maximum absolute atomic E-state index is 11.6. The van der Waals surface area contributed by atoms with Crippen LogP contribution in [0.5, 0.6) is 5.75 Å². The first-order valence-electron chi connectivity index (χ1n) is 8.76. The van der Waals surface area contributed by atoms with E-state index in [4.69, 9.17) is 9.16 Å². The first-order chi connectivity index (χ1) is 12.5. The fraction of sp³-hybridized carbons (Fsp3) is 0.611. The maximum atomic E-state index is 11.6. The molecule has 9 heteroatoms. The van der Waals surface area contributed by atoms with Crippen LogP contribution in [-0.2, 0) is 20.3 Å². The van der Waals surface area contributed by atoms with E-state index >= 15 is 0 Å². The first-order valence-corrected chi connectivity index (χ1v) is 11.7. The summed E-state index contributed by atoms with van der Waals surface area (Å²) in [4.78, 5) is 29.4. The average Bonchev–Trinajstić information content (AvgIpc) is 2.58. The van der Waals surface area contributed by atoms with Crippen LogP contribution >= 0.6 is 0 Å². The van der Waals surface area contributed by atoms with E-state index in [1.165, 1.54) is 0 Å². The zero-order valence-electron chi connectivity index (χ0n) is 16.9. The molecule has 0 unspecified atom stereocenters. The molecular formula is C18H30N2O6Si. The van der Waals surface area contributed by atoms with E-state index in [0.29, 0.717) is 19.8 Å². The van der Waals surface area contributed by atoms with Gasteiger partial charge in [0, 0.05) is 6.42 Å². The summed E-state index contributed by atoms with van der Waals surface area (Å²) in [5.41, 5.74) is -1.19. The first kappa shape index (κ1) is 23.1. The van der Waals surface area contributed by atoms with E-state index in [1.54, 1.807) is 0 Å². The Labute approximate surface area is 160 Å². The number of methoxy groups -OCH3 is 1. The summed E-state index contributed by atoms with van der Waals surface area (Å²) in [6.07, 6.45) is 4.09. The molecule has 27 heavy (non-hydrogen) atoms. The van der Waals surface area contributed by atoms with Gasteiger partial charge in [0.05, 0.1) is 26.9 Å². The molecule has 0 atom stereocenters. The fourth-order valence-corrected chi connectivity index (χ4v) is 2.75. The molecule has 0 saturated heterocycles. The van der Waals surface area contributed by atoms with Gasteiger partial charge in [-0.25, -0.2) is 9.78 Å². The summed E-state index contributed by atoms with van der Waals surface area (Å²) in [6, 6.07) is 0. The summed E-state index contributed by atoms with van der Waals surface area (Å²) < 4.78 is 16.0. The zero-order valence-corrected chi connectivity index (χ0v) is 17.9. The molecule has 0 radical (unpaired) electrons. The van der Waals surface area contributed by atoms with Crippen molar-refractivity contribution in [2.75, 3.05) is 26.9 Å². The SMILES string of the molecule is COC(=O)c1nc(CCOCC=CCO[Si](C)(C)C(C)(C)C)[nH]c(=O)c1O. The highest BCUT2D eigenvalue weighted by atomic mass is 28.4. The predicted octanol–water partition coefficient (Wildman–Crippen LogP) is 2.40. The van der Waals surface area contributed by atoms with Gasteiger partial charge in [-0.05, 0) is 18.1 Å². The van der Waals surface area contributed by atoms with Crippen molar-refractivity contribution in [3.05, 3.63) is 34.0 Å². The third kappa shape index (κ3) is 6.93. The number of nitrogens with one attached hydrogen (secondary N) is 1. The topological polar surface area (TPSA) is 111 Å². The Morgan fingerprint density at radius 3 is 2.48 bits per heavy atom. The highest BCUT2D eigenvalue weighted by Gasteiger charge is 2.36. The smallest absolute Gasteiger partial charge is 0.360 e. The predicted molar refractivity (Wildman–Crippen MR) is 105 cm³/mol. The fourth-order valence-electron chi connectivity index (χ4n) is 1.80. The average molecular weight is 399 g/mol. The number of esters is 1. The van der Waals surface area contributed by atoms with E-state index in [-0.39, 0.29) is 17.3 Å². The Morgan fingerprint density at radius 1 is 1.26 bits per heavy atom. The van der Waals surface area contributed by atoms with Crippen molar-refractivity contribution < 1.29 is 23.8 Å². The highest BCUT2D eigenvalue weighted by Crippen LogP contribution is 2.36. The Kier molecular flexibility index (Phi) is 8.39. The molecule has 152 valence electrons. The van der Waals surface area contributed by atoms with Gasteiger partial charge < -0.3 is 24.0 Å². The van der Waals surface area contributed by atoms with Crippen LogP contribution in [0.1, 0.15) is 37.1 Å². The van der Waals surface area contributed by atoms with Gasteiger partial charge in [0.15, 0.2) is 14.0 Å². The minimum absolute atomic E-state index is 0.175. The van der Waals surface area contributed by atoms with Crippen LogP contribution in [-0.4, -0.2) is 56.3 Å². The van der Waals surface area contributed by atoms with Gasteiger partial charge in [-0.1, -0.05) is 32.9 Å². The molecule has 1 aromatic heterocycles. The molecule has 0 spiro atoms. The summed E-state index contributed by atoms with van der Waals surface area (Å²) in [7, 11) is -0.597. The number of H-pyrrole nitrogens is 1. The lowest BCUT2D eigenvalue weighted by Crippen LogP contribution is -2.40. The van der Waals surface area contributed by atoms with Gasteiger partial charge in [-0.3, -0.25) is 4.79 Å². The van der Waals surface area contributed by atoms with Crippen molar-refractivity contribution in [2.24, 2.45) is 0 Å². The lowest BCUT2D eigenvalue weighted by Gasteiger charge is -2.35. The molecule has 0 bridgehead atoms. The van der Waals surface area contributed by atoms with Crippen molar-refractivity contribution in [2.45, 2.75) is 45.3 Å².